The first-order valence-electron chi connectivity index (χ1n) is 17.3. The van der Waals surface area contributed by atoms with Crippen LogP contribution in [0.1, 0.15) is 81.5 Å². The van der Waals surface area contributed by atoms with Crippen molar-refractivity contribution in [3.8, 4) is 0 Å². The highest BCUT2D eigenvalue weighted by Crippen LogP contribution is 2.36. The topological polar surface area (TPSA) is 117 Å². The molecule has 10 nitrogen and oxygen atoms in total. The molecule has 0 saturated heterocycles. The van der Waals surface area contributed by atoms with E-state index in [1.807, 2.05) is 42.5 Å². The van der Waals surface area contributed by atoms with Gasteiger partial charge < -0.3 is 14.7 Å². The minimum atomic E-state index is -0.315. The Morgan fingerprint density at radius 1 is 0.800 bits per heavy atom. The van der Waals surface area contributed by atoms with Crippen LogP contribution >= 0.6 is 0 Å². The maximum Gasteiger partial charge on any atom is 0.261 e. The second-order valence-corrected chi connectivity index (χ2v) is 12.8. The third-order valence-corrected chi connectivity index (χ3v) is 9.62. The summed E-state index contributed by atoms with van der Waals surface area (Å²) in [5.41, 5.74) is 2.92. The van der Waals surface area contributed by atoms with Crippen LogP contribution in [0.3, 0.4) is 0 Å². The number of anilines is 1. The summed E-state index contributed by atoms with van der Waals surface area (Å²) in [6.07, 6.45) is 6.06. The molecule has 1 atom stereocenters. The van der Waals surface area contributed by atoms with Gasteiger partial charge in [-0.1, -0.05) is 56.8 Å². The van der Waals surface area contributed by atoms with E-state index in [0.717, 1.165) is 67.1 Å². The van der Waals surface area contributed by atoms with Crippen LogP contribution < -0.4 is 10.2 Å². The monoisotopic (exact) mass is 674 g/mol. The second-order valence-electron chi connectivity index (χ2n) is 12.8. The highest BCUT2D eigenvalue weighted by atomic mass is 16.2. The molecule has 4 aromatic rings. The second kappa shape index (κ2) is 16.0. The summed E-state index contributed by atoms with van der Waals surface area (Å²) < 4.78 is 0. The van der Waals surface area contributed by atoms with Crippen LogP contribution in [0.2, 0.25) is 0 Å². The van der Waals surface area contributed by atoms with Crippen LogP contribution in [0, 0.1) is 5.41 Å². The van der Waals surface area contributed by atoms with Crippen molar-refractivity contribution in [2.45, 2.75) is 46.1 Å². The predicted octanol–water partition coefficient (Wildman–Crippen LogP) is 6.55. The van der Waals surface area contributed by atoms with Crippen molar-refractivity contribution in [2.75, 3.05) is 44.7 Å². The molecule has 2 aliphatic rings. The molecule has 4 amide bonds. The zero-order valence-corrected chi connectivity index (χ0v) is 29.4. The third-order valence-electron chi connectivity index (χ3n) is 9.62. The van der Waals surface area contributed by atoms with Gasteiger partial charge in [0.25, 0.3) is 23.6 Å². The minimum Gasteiger partial charge on any atom is -0.308 e. The van der Waals surface area contributed by atoms with Crippen molar-refractivity contribution < 1.29 is 19.2 Å². The van der Waals surface area contributed by atoms with Crippen molar-refractivity contribution in [3.05, 3.63) is 102 Å². The van der Waals surface area contributed by atoms with Crippen LogP contribution in [-0.4, -0.2) is 90.5 Å². The molecule has 0 bridgehead atoms. The molecule has 0 fully saturated rings. The Bertz CT molecular complexity index is 1880. The Labute approximate surface area is 293 Å². The lowest BCUT2D eigenvalue weighted by Gasteiger charge is -2.31. The normalized spacial score (nSPS) is 14.2. The first kappa shape index (κ1) is 36.1. The first-order valence-corrected chi connectivity index (χ1v) is 17.3. The number of hydrogen-bond donors (Lipinski definition) is 2. The van der Waals surface area contributed by atoms with Crippen molar-refractivity contribution in [1.82, 2.24) is 20.0 Å². The highest BCUT2D eigenvalue weighted by Gasteiger charge is 2.33. The van der Waals surface area contributed by atoms with Crippen LogP contribution in [-0.2, 0) is 0 Å². The van der Waals surface area contributed by atoms with Gasteiger partial charge in [0.15, 0.2) is 0 Å². The van der Waals surface area contributed by atoms with Gasteiger partial charge in [-0.15, -0.1) is 0 Å². The number of carbonyl (C=O) groups excluding carboxylic acids is 4. The van der Waals surface area contributed by atoms with Gasteiger partial charge in [0, 0.05) is 63.7 Å². The van der Waals surface area contributed by atoms with E-state index in [4.69, 9.17) is 5.41 Å². The molecule has 0 radical (unpaired) electrons. The molecule has 0 spiro atoms. The van der Waals surface area contributed by atoms with E-state index in [2.05, 4.69) is 49.5 Å². The average molecular weight is 675 g/mol. The number of nitrogens with one attached hydrogen (secondary N) is 2. The maximum atomic E-state index is 13.3. The quantitative estimate of drug-likeness (QED) is 0.0886. The molecule has 6 rings (SSSR count). The minimum absolute atomic E-state index is 0.260. The molecule has 1 unspecified atom stereocenters. The summed E-state index contributed by atoms with van der Waals surface area (Å²) in [6, 6.07) is 20.5. The summed E-state index contributed by atoms with van der Waals surface area (Å²) in [5.74, 6) is -1.15. The molecular weight excluding hydrogens is 628 g/mol. The van der Waals surface area contributed by atoms with E-state index in [0.29, 0.717) is 46.8 Å². The van der Waals surface area contributed by atoms with Crippen LogP contribution in [0.5, 0.6) is 0 Å². The van der Waals surface area contributed by atoms with Crippen molar-refractivity contribution >= 4 is 57.2 Å². The summed E-state index contributed by atoms with van der Waals surface area (Å²) in [4.78, 5) is 57.5. The average Bonchev–Trinajstić information content (AvgIpc) is 3.13. The Morgan fingerprint density at radius 2 is 1.42 bits per heavy atom. The summed E-state index contributed by atoms with van der Waals surface area (Å²) in [5, 5.41) is 13.1. The number of likely N-dealkylation sites (N-methyl/N-ethyl adjacent to an activating group) is 1. The number of benzene rings is 4. The van der Waals surface area contributed by atoms with Crippen molar-refractivity contribution in [3.63, 3.8) is 0 Å². The Morgan fingerprint density at radius 3 is 2.02 bits per heavy atom. The fourth-order valence-corrected chi connectivity index (χ4v) is 6.76. The van der Waals surface area contributed by atoms with Crippen LogP contribution in [0.25, 0.3) is 21.5 Å². The number of carbonyl (C=O) groups is 4. The largest absolute Gasteiger partial charge is 0.308 e. The van der Waals surface area contributed by atoms with Gasteiger partial charge in [0.1, 0.15) is 0 Å². The van der Waals surface area contributed by atoms with Crippen molar-refractivity contribution in [2.24, 2.45) is 0 Å². The van der Waals surface area contributed by atoms with Gasteiger partial charge in [-0.25, -0.2) is 0 Å². The van der Waals surface area contributed by atoms with Gasteiger partial charge in [-0.3, -0.25) is 34.8 Å². The third kappa shape index (κ3) is 7.22. The molecule has 50 heavy (non-hydrogen) atoms. The predicted molar refractivity (Wildman–Crippen MR) is 200 cm³/mol. The molecule has 0 aliphatic carbocycles. The maximum absolute atomic E-state index is 13.3. The zero-order valence-electron chi connectivity index (χ0n) is 29.4. The Kier molecular flexibility index (Phi) is 11.6. The number of nitrogens with zero attached hydrogens (tertiary/aromatic N) is 4. The Hall–Kier alpha value is -5.19. The van der Waals surface area contributed by atoms with Crippen LogP contribution in [0.15, 0.2) is 79.5 Å². The van der Waals surface area contributed by atoms with Gasteiger partial charge >= 0.3 is 0 Å². The zero-order chi connectivity index (χ0) is 35.9. The van der Waals surface area contributed by atoms with Gasteiger partial charge in [-0.05, 0) is 88.6 Å². The van der Waals surface area contributed by atoms with E-state index in [9.17, 15) is 19.2 Å². The highest BCUT2D eigenvalue weighted by molar-refractivity contribution is 6.27. The molecule has 2 heterocycles. The first-order chi connectivity index (χ1) is 24.1. The molecule has 0 aromatic heterocycles. The number of rotatable bonds is 14. The SMILES string of the molecule is C=CN(C=N)c1ccc2c3c(cccc13)C(=O)N(CCN(C)CCCN(CCC)C(C)CC)C2=O.O=C1NC(=O)c2cccc3cccc1c23. The van der Waals surface area contributed by atoms with E-state index >= 15 is 0 Å². The van der Waals surface area contributed by atoms with Gasteiger partial charge in [0.05, 0.1) is 12.0 Å². The lowest BCUT2D eigenvalue weighted by atomic mass is 9.92. The summed E-state index contributed by atoms with van der Waals surface area (Å²) in [7, 11) is 2.05. The molecular formula is C40H46N6O4. The smallest absolute Gasteiger partial charge is 0.261 e. The number of amides is 4. The number of hydrogen-bond acceptors (Lipinski definition) is 7. The summed E-state index contributed by atoms with van der Waals surface area (Å²) in [6.45, 7) is 14.6. The fourth-order valence-electron chi connectivity index (χ4n) is 6.76. The summed E-state index contributed by atoms with van der Waals surface area (Å²) >= 11 is 0. The molecule has 10 heteroatoms. The van der Waals surface area contributed by atoms with Crippen LogP contribution in [0.4, 0.5) is 5.69 Å². The number of imide groups is 2. The molecule has 0 saturated carbocycles. The Balaban J connectivity index is 0.000000266. The van der Waals surface area contributed by atoms with E-state index < -0.39 is 0 Å². The lowest BCUT2D eigenvalue weighted by molar-refractivity contribution is 0.0595. The molecule has 2 aliphatic heterocycles. The molecule has 2 N–H and O–H groups in total. The van der Waals surface area contributed by atoms with Gasteiger partial charge in [0.2, 0.25) is 0 Å². The van der Waals surface area contributed by atoms with E-state index in [-0.39, 0.29) is 23.6 Å². The fraction of sp³-hybridized carbons (Fsp3) is 0.325. The standard InChI is InChI=1S/C28H39N5O2.C12H7NO2/c1-6-15-32(21(4)7-2)17-10-16-30(5)18-19-33-27(34)23-12-9-11-22-25(31(8-3)20-29)14-13-24(26(22)23)28(33)35;14-11-8-5-1-3-7-4-2-6-9(10(7)8)12(15)13-11/h8-9,11-14,20-21,29H,3,6-7,10,15-19H2,1-2,4-5H3;1-6H,(H,13,14,15). The molecule has 260 valence electrons. The van der Waals surface area contributed by atoms with E-state index in [1.54, 1.807) is 29.2 Å². The van der Waals surface area contributed by atoms with E-state index in [1.165, 1.54) is 11.1 Å². The van der Waals surface area contributed by atoms with Gasteiger partial charge in [-0.2, -0.15) is 0 Å². The van der Waals surface area contributed by atoms with Crippen molar-refractivity contribution in [1.29, 1.82) is 5.41 Å². The lowest BCUT2D eigenvalue weighted by Crippen LogP contribution is -2.44. The molecule has 4 aromatic carbocycles.